The van der Waals surface area contributed by atoms with Crippen LogP contribution in [0.2, 0.25) is 0 Å². The van der Waals surface area contributed by atoms with E-state index in [4.69, 9.17) is 19.5 Å². The van der Waals surface area contributed by atoms with E-state index in [0.717, 1.165) is 12.8 Å². The van der Waals surface area contributed by atoms with Gasteiger partial charge in [0.05, 0.1) is 23.8 Å². The molecule has 8 heteroatoms. The largest absolute Gasteiger partial charge is 0.482 e. The topological polar surface area (TPSA) is 115 Å². The van der Waals surface area contributed by atoms with Gasteiger partial charge in [-0.1, -0.05) is 13.3 Å². The van der Waals surface area contributed by atoms with E-state index in [9.17, 15) is 14.4 Å². The highest BCUT2D eigenvalue weighted by molar-refractivity contribution is 5.94. The number of nitriles is 1. The zero-order valence-electron chi connectivity index (χ0n) is 16.6. The number of carbonyl (C=O) groups excluding carboxylic acids is 3. The molecule has 0 unspecified atom stereocenters. The number of ether oxygens (including phenoxy) is 3. The van der Waals surface area contributed by atoms with Crippen molar-refractivity contribution >= 4 is 23.5 Å². The first-order valence-electron chi connectivity index (χ1n) is 9.37. The maximum atomic E-state index is 11.9. The Morgan fingerprint density at radius 1 is 0.967 bits per heavy atom. The Balaban J connectivity index is 1.71. The predicted molar refractivity (Wildman–Crippen MR) is 108 cm³/mol. The number of hydrogen-bond acceptors (Lipinski definition) is 7. The van der Waals surface area contributed by atoms with Crippen LogP contribution in [0.15, 0.2) is 48.5 Å². The van der Waals surface area contributed by atoms with Crippen molar-refractivity contribution in [2.45, 2.75) is 19.8 Å². The molecular formula is C22H22N2O6. The molecule has 0 aliphatic rings. The number of nitrogens with one attached hydrogen (secondary N) is 1. The number of nitrogens with zero attached hydrogens (tertiary/aromatic N) is 1. The summed E-state index contributed by atoms with van der Waals surface area (Å²) in [6.45, 7) is 1.53. The quantitative estimate of drug-likeness (QED) is 0.473. The summed E-state index contributed by atoms with van der Waals surface area (Å²) in [4.78, 5) is 35.4. The number of hydrogen-bond donors (Lipinski definition) is 1. The molecule has 30 heavy (non-hydrogen) atoms. The van der Waals surface area contributed by atoms with Crippen molar-refractivity contribution < 1.29 is 28.6 Å². The summed E-state index contributed by atoms with van der Waals surface area (Å²) in [5, 5.41) is 11.3. The van der Waals surface area contributed by atoms with E-state index >= 15 is 0 Å². The van der Waals surface area contributed by atoms with Crippen LogP contribution in [0.25, 0.3) is 0 Å². The van der Waals surface area contributed by atoms with E-state index in [2.05, 4.69) is 5.32 Å². The minimum absolute atomic E-state index is 0.367. The summed E-state index contributed by atoms with van der Waals surface area (Å²) in [6, 6.07) is 14.4. The standard InChI is InChI=1S/C22H22N2O6/c1-2-3-12-28-22(27)17-6-8-18(9-7-17)24-20(25)14-30-21(26)15-29-19-10-4-16(13-23)5-11-19/h4-11H,2-3,12,14-15H2,1H3,(H,24,25). The zero-order valence-corrected chi connectivity index (χ0v) is 16.6. The van der Waals surface area contributed by atoms with Gasteiger partial charge in [-0.25, -0.2) is 9.59 Å². The maximum Gasteiger partial charge on any atom is 0.344 e. The summed E-state index contributed by atoms with van der Waals surface area (Å²) < 4.78 is 15.2. The normalized spacial score (nSPS) is 9.87. The summed E-state index contributed by atoms with van der Waals surface area (Å²) in [6.07, 6.45) is 1.74. The van der Waals surface area contributed by atoms with Crippen molar-refractivity contribution in [2.75, 3.05) is 25.1 Å². The van der Waals surface area contributed by atoms with Crippen LogP contribution in [-0.2, 0) is 19.1 Å². The highest BCUT2D eigenvalue weighted by Crippen LogP contribution is 2.12. The Bertz CT molecular complexity index is 901. The molecule has 0 spiro atoms. The van der Waals surface area contributed by atoms with Gasteiger partial charge in [0.2, 0.25) is 0 Å². The monoisotopic (exact) mass is 410 g/mol. The molecule has 0 fully saturated rings. The third-order valence-corrected chi connectivity index (χ3v) is 3.84. The van der Waals surface area contributed by atoms with E-state index in [1.165, 1.54) is 0 Å². The van der Waals surface area contributed by atoms with Crippen LogP contribution in [0, 0.1) is 11.3 Å². The third kappa shape index (κ3) is 7.64. The average Bonchev–Trinajstić information content (AvgIpc) is 2.77. The second kappa shape index (κ2) is 11.9. The number of anilines is 1. The molecule has 1 N–H and O–H groups in total. The highest BCUT2D eigenvalue weighted by Gasteiger charge is 2.10. The van der Waals surface area contributed by atoms with Crippen molar-refractivity contribution in [1.82, 2.24) is 0 Å². The fraction of sp³-hybridized carbons (Fsp3) is 0.273. The van der Waals surface area contributed by atoms with Gasteiger partial charge in [-0.15, -0.1) is 0 Å². The Morgan fingerprint density at radius 3 is 2.30 bits per heavy atom. The Labute approximate surface area is 174 Å². The van der Waals surface area contributed by atoms with Gasteiger partial charge in [-0.2, -0.15) is 5.26 Å². The molecule has 0 bridgehead atoms. The molecule has 0 saturated heterocycles. The Morgan fingerprint density at radius 2 is 1.67 bits per heavy atom. The molecule has 0 aliphatic carbocycles. The van der Waals surface area contributed by atoms with Gasteiger partial charge in [0.15, 0.2) is 13.2 Å². The van der Waals surface area contributed by atoms with Gasteiger partial charge >= 0.3 is 11.9 Å². The third-order valence-electron chi connectivity index (χ3n) is 3.84. The number of amides is 1. The summed E-state index contributed by atoms with van der Waals surface area (Å²) in [5.41, 5.74) is 1.31. The van der Waals surface area contributed by atoms with Crippen LogP contribution < -0.4 is 10.1 Å². The second-order valence-electron chi connectivity index (χ2n) is 6.20. The number of carbonyl (C=O) groups is 3. The van der Waals surface area contributed by atoms with Crippen LogP contribution in [0.3, 0.4) is 0 Å². The molecular weight excluding hydrogens is 388 g/mol. The fourth-order valence-corrected chi connectivity index (χ4v) is 2.23. The molecule has 0 atom stereocenters. The first-order valence-corrected chi connectivity index (χ1v) is 9.37. The van der Waals surface area contributed by atoms with Crippen molar-refractivity contribution in [3.05, 3.63) is 59.7 Å². The van der Waals surface area contributed by atoms with Crippen molar-refractivity contribution in [3.63, 3.8) is 0 Å². The summed E-state index contributed by atoms with van der Waals surface area (Å²) in [5.74, 6) is -1.25. The molecule has 2 aromatic rings. The molecule has 2 rings (SSSR count). The number of unbranched alkanes of at least 4 members (excludes halogenated alkanes) is 1. The fourth-order valence-electron chi connectivity index (χ4n) is 2.23. The predicted octanol–water partition coefficient (Wildman–Crippen LogP) is 3.08. The first-order chi connectivity index (χ1) is 14.5. The van der Waals surface area contributed by atoms with Crippen LogP contribution in [0.4, 0.5) is 5.69 Å². The minimum atomic E-state index is -0.709. The molecule has 0 radical (unpaired) electrons. The number of esters is 2. The Hall–Kier alpha value is -3.86. The summed E-state index contributed by atoms with van der Waals surface area (Å²) in [7, 11) is 0. The van der Waals surface area contributed by atoms with E-state index in [1.807, 2.05) is 13.0 Å². The van der Waals surface area contributed by atoms with Gasteiger partial charge < -0.3 is 19.5 Å². The van der Waals surface area contributed by atoms with Gasteiger partial charge in [0, 0.05) is 5.69 Å². The first kappa shape index (κ1) is 22.4. The molecule has 0 aliphatic heterocycles. The zero-order chi connectivity index (χ0) is 21.8. The SMILES string of the molecule is CCCCOC(=O)c1ccc(NC(=O)COC(=O)COc2ccc(C#N)cc2)cc1. The average molecular weight is 410 g/mol. The lowest BCUT2D eigenvalue weighted by atomic mass is 10.2. The van der Waals surface area contributed by atoms with Crippen LogP contribution in [0.5, 0.6) is 5.75 Å². The molecule has 1 amide bonds. The van der Waals surface area contributed by atoms with Crippen LogP contribution in [0.1, 0.15) is 35.7 Å². The van der Waals surface area contributed by atoms with Crippen molar-refractivity contribution in [2.24, 2.45) is 0 Å². The number of benzene rings is 2. The van der Waals surface area contributed by atoms with E-state index in [1.54, 1.807) is 48.5 Å². The van der Waals surface area contributed by atoms with Crippen molar-refractivity contribution in [3.8, 4) is 11.8 Å². The molecule has 0 heterocycles. The maximum absolute atomic E-state index is 11.9. The lowest BCUT2D eigenvalue weighted by Crippen LogP contribution is -2.23. The van der Waals surface area contributed by atoms with E-state index in [-0.39, 0.29) is 6.61 Å². The van der Waals surface area contributed by atoms with Gasteiger partial charge in [0.25, 0.3) is 5.91 Å². The van der Waals surface area contributed by atoms with Gasteiger partial charge in [0.1, 0.15) is 5.75 Å². The smallest absolute Gasteiger partial charge is 0.344 e. The lowest BCUT2D eigenvalue weighted by Gasteiger charge is -2.09. The van der Waals surface area contributed by atoms with Crippen LogP contribution >= 0.6 is 0 Å². The lowest BCUT2D eigenvalue weighted by molar-refractivity contribution is -0.149. The van der Waals surface area contributed by atoms with E-state index < -0.39 is 24.5 Å². The molecule has 0 aromatic heterocycles. The molecule has 0 saturated carbocycles. The minimum Gasteiger partial charge on any atom is -0.482 e. The van der Waals surface area contributed by atoms with Gasteiger partial charge in [-0.05, 0) is 55.0 Å². The van der Waals surface area contributed by atoms with Crippen molar-refractivity contribution in [1.29, 1.82) is 5.26 Å². The number of rotatable bonds is 10. The summed E-state index contributed by atoms with van der Waals surface area (Å²) >= 11 is 0. The molecule has 2 aromatic carbocycles. The second-order valence-corrected chi connectivity index (χ2v) is 6.20. The van der Waals surface area contributed by atoms with E-state index in [0.29, 0.717) is 29.2 Å². The molecule has 8 nitrogen and oxygen atoms in total. The van der Waals surface area contributed by atoms with Gasteiger partial charge in [-0.3, -0.25) is 4.79 Å². The van der Waals surface area contributed by atoms with Crippen LogP contribution in [-0.4, -0.2) is 37.7 Å². The highest BCUT2D eigenvalue weighted by atomic mass is 16.6. The Kier molecular flexibility index (Phi) is 8.87. The molecule has 156 valence electrons.